The molecule has 0 radical (unpaired) electrons. The summed E-state index contributed by atoms with van der Waals surface area (Å²) in [5.41, 5.74) is 0. The average Bonchev–Trinajstić information content (AvgIpc) is 3.01. The van der Waals surface area contributed by atoms with Gasteiger partial charge in [0, 0.05) is 26.7 Å². The van der Waals surface area contributed by atoms with Crippen molar-refractivity contribution >= 4 is 5.96 Å². The minimum Gasteiger partial charge on any atom is -0.383 e. The van der Waals surface area contributed by atoms with Crippen molar-refractivity contribution in [3.05, 3.63) is 0 Å². The smallest absolute Gasteiger partial charge is 0.191 e. The molecule has 0 aromatic carbocycles. The van der Waals surface area contributed by atoms with E-state index < -0.39 is 0 Å². The lowest BCUT2D eigenvalue weighted by Crippen LogP contribution is -2.39. The van der Waals surface area contributed by atoms with E-state index in [-0.39, 0.29) is 0 Å². The topological polar surface area (TPSA) is 45.7 Å². The molecule has 19 heavy (non-hydrogen) atoms. The quantitative estimate of drug-likeness (QED) is 0.421. The molecule has 0 aromatic heterocycles. The molecule has 2 rings (SSSR count). The highest BCUT2D eigenvalue weighted by molar-refractivity contribution is 5.79. The summed E-state index contributed by atoms with van der Waals surface area (Å²) < 4.78 is 5.04. The molecular formula is C15H29N3O. The lowest BCUT2D eigenvalue weighted by atomic mass is 9.86. The summed E-state index contributed by atoms with van der Waals surface area (Å²) in [4.78, 5) is 4.67. The fourth-order valence-electron chi connectivity index (χ4n) is 3.69. The van der Waals surface area contributed by atoms with Gasteiger partial charge in [-0.2, -0.15) is 0 Å². The zero-order valence-electron chi connectivity index (χ0n) is 12.5. The second-order valence-corrected chi connectivity index (χ2v) is 5.90. The molecule has 0 saturated heterocycles. The van der Waals surface area contributed by atoms with Crippen molar-refractivity contribution in [2.45, 2.75) is 39.0 Å². The Kier molecular flexibility index (Phi) is 5.95. The summed E-state index contributed by atoms with van der Waals surface area (Å²) in [5, 5.41) is 6.58. The molecule has 2 saturated carbocycles. The maximum Gasteiger partial charge on any atom is 0.191 e. The molecule has 0 heterocycles. The number of methoxy groups -OCH3 is 1. The van der Waals surface area contributed by atoms with Gasteiger partial charge in [-0.25, -0.2) is 0 Å². The minimum atomic E-state index is 0.719. The third-order valence-electron chi connectivity index (χ3n) is 4.60. The number of guanidine groups is 1. The van der Waals surface area contributed by atoms with E-state index in [9.17, 15) is 0 Å². The van der Waals surface area contributed by atoms with Crippen LogP contribution in [-0.2, 0) is 4.74 Å². The van der Waals surface area contributed by atoms with E-state index in [0.29, 0.717) is 0 Å². The first-order valence-electron chi connectivity index (χ1n) is 7.84. The van der Waals surface area contributed by atoms with E-state index in [4.69, 9.17) is 4.74 Å². The second kappa shape index (κ2) is 7.73. The molecule has 2 fully saturated rings. The molecule has 2 aliphatic carbocycles. The standard InChI is InChI=1S/C15H29N3O/c1-3-16-15(18-8-9-19-2)17-7-6-14-11-12-4-5-13(14)10-12/h12-14H,3-11H2,1-2H3,(H2,16,17,18). The van der Waals surface area contributed by atoms with Crippen molar-refractivity contribution < 1.29 is 4.74 Å². The Morgan fingerprint density at radius 3 is 2.79 bits per heavy atom. The fraction of sp³-hybridized carbons (Fsp3) is 0.933. The van der Waals surface area contributed by atoms with Crippen LogP contribution in [0.4, 0.5) is 0 Å². The van der Waals surface area contributed by atoms with E-state index in [1.54, 1.807) is 7.11 Å². The van der Waals surface area contributed by atoms with Gasteiger partial charge < -0.3 is 15.4 Å². The third-order valence-corrected chi connectivity index (χ3v) is 4.60. The van der Waals surface area contributed by atoms with Crippen molar-refractivity contribution in [2.75, 3.05) is 33.4 Å². The van der Waals surface area contributed by atoms with E-state index >= 15 is 0 Å². The van der Waals surface area contributed by atoms with Crippen molar-refractivity contribution in [3.8, 4) is 0 Å². The number of ether oxygens (including phenoxy) is 1. The van der Waals surface area contributed by atoms with E-state index in [2.05, 4.69) is 22.5 Å². The first kappa shape index (κ1) is 14.6. The zero-order valence-corrected chi connectivity index (χ0v) is 12.5. The average molecular weight is 267 g/mol. The van der Waals surface area contributed by atoms with Gasteiger partial charge in [-0.1, -0.05) is 6.42 Å². The Morgan fingerprint density at radius 2 is 2.16 bits per heavy atom. The van der Waals surface area contributed by atoms with E-state index in [1.165, 1.54) is 32.1 Å². The first-order valence-corrected chi connectivity index (χ1v) is 7.84. The second-order valence-electron chi connectivity index (χ2n) is 5.90. The molecule has 3 unspecified atom stereocenters. The molecule has 4 heteroatoms. The SMILES string of the molecule is CCNC(=NCCC1CC2CCC1C2)NCCOC. The van der Waals surface area contributed by atoms with Gasteiger partial charge in [-0.3, -0.25) is 4.99 Å². The Hall–Kier alpha value is -0.770. The molecule has 0 spiro atoms. The van der Waals surface area contributed by atoms with Gasteiger partial charge in [-0.15, -0.1) is 0 Å². The lowest BCUT2D eigenvalue weighted by Gasteiger charge is -2.20. The molecule has 110 valence electrons. The number of hydrogen-bond acceptors (Lipinski definition) is 2. The molecule has 3 atom stereocenters. The number of nitrogens with one attached hydrogen (secondary N) is 2. The number of rotatable bonds is 7. The van der Waals surface area contributed by atoms with Crippen molar-refractivity contribution in [1.29, 1.82) is 0 Å². The summed E-state index contributed by atoms with van der Waals surface area (Å²) in [6.45, 7) is 5.50. The van der Waals surface area contributed by atoms with Crippen LogP contribution in [0, 0.1) is 17.8 Å². The summed E-state index contributed by atoms with van der Waals surface area (Å²) in [5.74, 6) is 3.95. The van der Waals surface area contributed by atoms with Crippen molar-refractivity contribution in [3.63, 3.8) is 0 Å². The molecule has 4 nitrogen and oxygen atoms in total. The number of nitrogens with zero attached hydrogens (tertiary/aromatic N) is 1. The Labute approximate surface area is 117 Å². The highest BCUT2D eigenvalue weighted by atomic mass is 16.5. The zero-order chi connectivity index (χ0) is 13.5. The fourth-order valence-corrected chi connectivity index (χ4v) is 3.69. The maximum absolute atomic E-state index is 5.04. The van der Waals surface area contributed by atoms with Crippen LogP contribution in [0.5, 0.6) is 0 Å². The van der Waals surface area contributed by atoms with Gasteiger partial charge in [0.1, 0.15) is 0 Å². The van der Waals surface area contributed by atoms with Crippen LogP contribution >= 0.6 is 0 Å². The summed E-state index contributed by atoms with van der Waals surface area (Å²) in [6, 6.07) is 0. The predicted octanol–water partition coefficient (Wildman–Crippen LogP) is 2.01. The monoisotopic (exact) mass is 267 g/mol. The summed E-state index contributed by atoms with van der Waals surface area (Å²) in [6.07, 6.45) is 7.20. The summed E-state index contributed by atoms with van der Waals surface area (Å²) >= 11 is 0. The summed E-state index contributed by atoms with van der Waals surface area (Å²) in [7, 11) is 1.72. The van der Waals surface area contributed by atoms with Gasteiger partial charge in [0.05, 0.1) is 6.61 Å². The highest BCUT2D eigenvalue weighted by Crippen LogP contribution is 2.49. The van der Waals surface area contributed by atoms with Crippen molar-refractivity contribution in [1.82, 2.24) is 10.6 Å². The molecular weight excluding hydrogens is 238 g/mol. The van der Waals surface area contributed by atoms with Crippen molar-refractivity contribution in [2.24, 2.45) is 22.7 Å². The van der Waals surface area contributed by atoms with Gasteiger partial charge in [0.2, 0.25) is 0 Å². The molecule has 0 amide bonds. The number of fused-ring (bicyclic) bond motifs is 2. The largest absolute Gasteiger partial charge is 0.383 e. The highest BCUT2D eigenvalue weighted by Gasteiger charge is 2.38. The van der Waals surface area contributed by atoms with Crippen LogP contribution in [0.25, 0.3) is 0 Å². The first-order chi connectivity index (χ1) is 9.33. The molecule has 0 aliphatic heterocycles. The number of hydrogen-bond donors (Lipinski definition) is 2. The Morgan fingerprint density at radius 1 is 1.26 bits per heavy atom. The normalized spacial score (nSPS) is 29.8. The minimum absolute atomic E-state index is 0.719. The Bertz CT molecular complexity index is 293. The van der Waals surface area contributed by atoms with Crippen LogP contribution in [0.2, 0.25) is 0 Å². The molecule has 2 bridgehead atoms. The van der Waals surface area contributed by atoms with Crippen LogP contribution in [0.15, 0.2) is 4.99 Å². The van der Waals surface area contributed by atoms with Gasteiger partial charge >= 0.3 is 0 Å². The Balaban J connectivity index is 1.68. The van der Waals surface area contributed by atoms with E-state index in [1.807, 2.05) is 0 Å². The maximum atomic E-state index is 5.04. The third kappa shape index (κ3) is 4.37. The van der Waals surface area contributed by atoms with Gasteiger partial charge in [0.25, 0.3) is 0 Å². The molecule has 2 N–H and O–H groups in total. The van der Waals surface area contributed by atoms with Gasteiger partial charge in [0.15, 0.2) is 5.96 Å². The molecule has 0 aromatic rings. The van der Waals surface area contributed by atoms with Crippen LogP contribution in [0.1, 0.15) is 39.0 Å². The number of aliphatic imine (C=N–C) groups is 1. The predicted molar refractivity (Wildman–Crippen MR) is 79.4 cm³/mol. The van der Waals surface area contributed by atoms with Crippen LogP contribution < -0.4 is 10.6 Å². The van der Waals surface area contributed by atoms with Crippen LogP contribution in [0.3, 0.4) is 0 Å². The molecule has 2 aliphatic rings. The lowest BCUT2D eigenvalue weighted by molar-refractivity contribution is 0.203. The van der Waals surface area contributed by atoms with E-state index in [0.717, 1.165) is 50.0 Å². The van der Waals surface area contributed by atoms with Gasteiger partial charge in [-0.05, 0) is 50.4 Å². The van der Waals surface area contributed by atoms with Crippen LogP contribution in [-0.4, -0.2) is 39.3 Å².